The van der Waals surface area contributed by atoms with Gasteiger partial charge >= 0.3 is 0 Å². The summed E-state index contributed by atoms with van der Waals surface area (Å²) in [5.74, 6) is 0. The monoisotopic (exact) mass is 254 g/mol. The van der Waals surface area contributed by atoms with Gasteiger partial charge in [-0.05, 0) is 23.8 Å². The lowest BCUT2D eigenvalue weighted by Gasteiger charge is -2.02. The Kier molecular flexibility index (Phi) is 2.95. The van der Waals surface area contributed by atoms with Crippen LogP contribution in [0.1, 0.15) is 11.1 Å². The molecule has 3 rings (SSSR count). The van der Waals surface area contributed by atoms with Gasteiger partial charge in [0, 0.05) is 16.8 Å². The van der Waals surface area contributed by atoms with E-state index in [-0.39, 0.29) is 0 Å². The first-order chi connectivity index (χ1) is 8.83. The highest BCUT2D eigenvalue weighted by atomic mass is 35.5. The van der Waals surface area contributed by atoms with Crippen molar-refractivity contribution in [2.24, 2.45) is 9.98 Å². The molecule has 0 amide bonds. The van der Waals surface area contributed by atoms with Gasteiger partial charge in [0.25, 0.3) is 0 Å². The van der Waals surface area contributed by atoms with Gasteiger partial charge in [-0.1, -0.05) is 41.9 Å². The van der Waals surface area contributed by atoms with Gasteiger partial charge in [-0.2, -0.15) is 0 Å². The predicted molar refractivity (Wildman–Crippen MR) is 76.3 cm³/mol. The third-order valence-electron chi connectivity index (χ3n) is 2.83. The molecule has 0 aliphatic carbocycles. The number of rotatable bonds is 1. The predicted octanol–water partition coefficient (Wildman–Crippen LogP) is 4.05. The average molecular weight is 255 g/mol. The van der Waals surface area contributed by atoms with E-state index in [1.807, 2.05) is 48.7 Å². The van der Waals surface area contributed by atoms with Crippen LogP contribution in [0, 0.1) is 0 Å². The molecule has 18 heavy (non-hydrogen) atoms. The molecule has 2 aromatic carbocycles. The fraction of sp³-hybridized carbons (Fsp3) is 0.0667. The van der Waals surface area contributed by atoms with Crippen LogP contribution in [0.15, 0.2) is 58.5 Å². The molecule has 0 bridgehead atoms. The topological polar surface area (TPSA) is 24.7 Å². The van der Waals surface area contributed by atoms with Crippen LogP contribution in [0.3, 0.4) is 0 Å². The minimum Gasteiger partial charge on any atom is -0.286 e. The van der Waals surface area contributed by atoms with E-state index in [0.717, 1.165) is 22.5 Å². The van der Waals surface area contributed by atoms with E-state index in [0.29, 0.717) is 11.6 Å². The zero-order chi connectivity index (χ0) is 12.4. The van der Waals surface area contributed by atoms with E-state index < -0.39 is 0 Å². The summed E-state index contributed by atoms with van der Waals surface area (Å²) in [7, 11) is 0. The van der Waals surface area contributed by atoms with Crippen molar-refractivity contribution in [3.8, 4) is 0 Å². The van der Waals surface area contributed by atoms with Gasteiger partial charge in [0.2, 0.25) is 0 Å². The number of nitrogens with zero attached hydrogens (tertiary/aromatic N) is 2. The number of para-hydroxylation sites is 1. The lowest BCUT2D eigenvalue weighted by atomic mass is 10.1. The van der Waals surface area contributed by atoms with Gasteiger partial charge in [0.15, 0.2) is 0 Å². The summed E-state index contributed by atoms with van der Waals surface area (Å²) in [6, 6.07) is 15.7. The largest absolute Gasteiger partial charge is 0.286 e. The molecule has 1 aliphatic heterocycles. The van der Waals surface area contributed by atoms with Crippen LogP contribution >= 0.6 is 11.6 Å². The van der Waals surface area contributed by atoms with Crippen molar-refractivity contribution in [3.05, 3.63) is 64.7 Å². The summed E-state index contributed by atoms with van der Waals surface area (Å²) in [6.07, 6.45) is 1.81. The number of hydrogen-bond acceptors (Lipinski definition) is 2. The SMILES string of the molecule is Clc1cccc(C2=Nc3ccccc3CN=C2)c1. The van der Waals surface area contributed by atoms with Crippen molar-refractivity contribution in [2.75, 3.05) is 0 Å². The van der Waals surface area contributed by atoms with Crippen LogP contribution in [0.25, 0.3) is 0 Å². The fourth-order valence-electron chi connectivity index (χ4n) is 1.93. The zero-order valence-electron chi connectivity index (χ0n) is 9.68. The lowest BCUT2D eigenvalue weighted by Crippen LogP contribution is -2.01. The number of halogens is 1. The summed E-state index contributed by atoms with van der Waals surface area (Å²) in [5, 5.41) is 0.709. The second kappa shape index (κ2) is 4.75. The van der Waals surface area contributed by atoms with E-state index in [2.05, 4.69) is 16.1 Å². The Morgan fingerprint density at radius 2 is 1.89 bits per heavy atom. The Balaban J connectivity index is 2.10. The molecule has 0 unspecified atom stereocenters. The fourth-order valence-corrected chi connectivity index (χ4v) is 2.12. The smallest absolute Gasteiger partial charge is 0.0888 e. The van der Waals surface area contributed by atoms with Crippen molar-refractivity contribution in [3.63, 3.8) is 0 Å². The molecule has 0 fully saturated rings. The molecule has 0 aromatic heterocycles. The van der Waals surface area contributed by atoms with Crippen LogP contribution in [0.5, 0.6) is 0 Å². The molecule has 2 aromatic rings. The van der Waals surface area contributed by atoms with Crippen LogP contribution in [-0.4, -0.2) is 11.9 Å². The molecule has 0 atom stereocenters. The van der Waals surface area contributed by atoms with Gasteiger partial charge in [-0.3, -0.25) is 4.99 Å². The Morgan fingerprint density at radius 3 is 2.78 bits per heavy atom. The quantitative estimate of drug-likeness (QED) is 0.734. The molecular weight excluding hydrogens is 244 g/mol. The van der Waals surface area contributed by atoms with Gasteiger partial charge in [0.05, 0.1) is 17.9 Å². The van der Waals surface area contributed by atoms with E-state index in [1.165, 1.54) is 0 Å². The standard InChI is InChI=1S/C15H11ClN2/c16-13-6-3-5-11(8-13)15-10-17-9-12-4-1-2-7-14(12)18-15/h1-8,10H,9H2. The molecule has 88 valence electrons. The van der Waals surface area contributed by atoms with Crippen LogP contribution in [0.2, 0.25) is 5.02 Å². The van der Waals surface area contributed by atoms with Crippen LogP contribution in [0.4, 0.5) is 5.69 Å². The van der Waals surface area contributed by atoms with Crippen LogP contribution < -0.4 is 0 Å². The Hall–Kier alpha value is -1.93. The van der Waals surface area contributed by atoms with Crippen molar-refractivity contribution in [1.29, 1.82) is 0 Å². The highest BCUT2D eigenvalue weighted by Gasteiger charge is 2.08. The average Bonchev–Trinajstić information content (AvgIpc) is 2.60. The summed E-state index contributed by atoms with van der Waals surface area (Å²) in [6.45, 7) is 0.670. The zero-order valence-corrected chi connectivity index (χ0v) is 10.4. The van der Waals surface area contributed by atoms with E-state index in [9.17, 15) is 0 Å². The van der Waals surface area contributed by atoms with Crippen molar-refractivity contribution in [2.45, 2.75) is 6.54 Å². The van der Waals surface area contributed by atoms with Crippen molar-refractivity contribution < 1.29 is 0 Å². The van der Waals surface area contributed by atoms with Crippen molar-refractivity contribution in [1.82, 2.24) is 0 Å². The number of benzene rings is 2. The van der Waals surface area contributed by atoms with Gasteiger partial charge < -0.3 is 0 Å². The van der Waals surface area contributed by atoms with E-state index >= 15 is 0 Å². The summed E-state index contributed by atoms with van der Waals surface area (Å²) < 4.78 is 0. The maximum Gasteiger partial charge on any atom is 0.0888 e. The summed E-state index contributed by atoms with van der Waals surface area (Å²) >= 11 is 6.01. The lowest BCUT2D eigenvalue weighted by molar-refractivity contribution is 1.08. The minimum atomic E-state index is 0.670. The third-order valence-corrected chi connectivity index (χ3v) is 3.06. The molecular formula is C15H11ClN2. The van der Waals surface area contributed by atoms with Gasteiger partial charge in [0.1, 0.15) is 0 Å². The first kappa shape index (κ1) is 11.2. The molecule has 0 N–H and O–H groups in total. The second-order valence-corrected chi connectivity index (χ2v) is 4.54. The maximum atomic E-state index is 6.01. The summed E-state index contributed by atoms with van der Waals surface area (Å²) in [5.41, 5.74) is 3.96. The highest BCUT2D eigenvalue weighted by molar-refractivity contribution is 6.40. The van der Waals surface area contributed by atoms with Gasteiger partial charge in [-0.25, -0.2) is 4.99 Å². The molecule has 2 nitrogen and oxygen atoms in total. The first-order valence-electron chi connectivity index (χ1n) is 5.75. The van der Waals surface area contributed by atoms with E-state index in [4.69, 9.17) is 11.6 Å². The maximum absolute atomic E-state index is 6.01. The highest BCUT2D eigenvalue weighted by Crippen LogP contribution is 2.23. The Labute approximate surface area is 111 Å². The van der Waals surface area contributed by atoms with Crippen molar-refractivity contribution >= 4 is 29.2 Å². The Morgan fingerprint density at radius 1 is 1.00 bits per heavy atom. The second-order valence-electron chi connectivity index (χ2n) is 4.11. The minimum absolute atomic E-state index is 0.670. The third kappa shape index (κ3) is 2.20. The first-order valence-corrected chi connectivity index (χ1v) is 6.13. The Bertz CT molecular complexity index is 644. The normalized spacial score (nSPS) is 13.7. The molecule has 1 heterocycles. The van der Waals surface area contributed by atoms with Gasteiger partial charge in [-0.15, -0.1) is 0 Å². The molecule has 0 radical (unpaired) electrons. The van der Waals surface area contributed by atoms with Crippen LogP contribution in [-0.2, 0) is 6.54 Å². The number of hydrogen-bond donors (Lipinski definition) is 0. The summed E-state index contributed by atoms with van der Waals surface area (Å²) in [4.78, 5) is 9.06. The molecule has 3 heteroatoms. The molecule has 0 saturated heterocycles. The molecule has 0 spiro atoms. The van der Waals surface area contributed by atoms with E-state index in [1.54, 1.807) is 0 Å². The molecule has 1 aliphatic rings. The number of fused-ring (bicyclic) bond motifs is 1. The number of aliphatic imine (C=N–C) groups is 2. The molecule has 0 saturated carbocycles.